The largest absolute Gasteiger partial charge is 0.341 e. The minimum absolute atomic E-state index is 0.395. The summed E-state index contributed by atoms with van der Waals surface area (Å²) in [5.41, 5.74) is 12.8. The summed E-state index contributed by atoms with van der Waals surface area (Å²) in [5, 5.41) is 0.751. The number of nitrogens with two attached hydrogens (primary N) is 2. The van der Waals surface area contributed by atoms with E-state index in [1.807, 2.05) is 28.8 Å². The van der Waals surface area contributed by atoms with E-state index >= 15 is 0 Å². The summed E-state index contributed by atoms with van der Waals surface area (Å²) in [4.78, 5) is 2.54. The van der Waals surface area contributed by atoms with Gasteiger partial charge in [-0.2, -0.15) is 0 Å². The van der Waals surface area contributed by atoms with Crippen molar-refractivity contribution in [3.8, 4) is 0 Å². The molecule has 116 valence electrons. The molecule has 21 heavy (non-hydrogen) atoms. The van der Waals surface area contributed by atoms with Gasteiger partial charge in [0.05, 0.1) is 13.1 Å². The summed E-state index contributed by atoms with van der Waals surface area (Å²) in [6.45, 7) is 5.36. The van der Waals surface area contributed by atoms with Crippen molar-refractivity contribution in [2.75, 3.05) is 26.2 Å². The monoisotopic (exact) mass is 309 g/mol. The maximum Gasteiger partial charge on any atom is 0.341 e. The van der Waals surface area contributed by atoms with Gasteiger partial charge in [0.15, 0.2) is 0 Å². The second-order valence-electron chi connectivity index (χ2n) is 5.73. The van der Waals surface area contributed by atoms with Gasteiger partial charge in [0.1, 0.15) is 0 Å². The lowest BCUT2D eigenvalue weighted by atomic mass is 10.2. The van der Waals surface area contributed by atoms with Crippen molar-refractivity contribution in [3.05, 3.63) is 34.9 Å². The topological polar surface area (TPSA) is 58.3 Å². The zero-order valence-corrected chi connectivity index (χ0v) is 13.4. The molecule has 1 aromatic carbocycles. The second kappa shape index (κ2) is 8.25. The van der Waals surface area contributed by atoms with Gasteiger partial charge in [0, 0.05) is 5.02 Å². The van der Waals surface area contributed by atoms with E-state index in [-0.39, 0.29) is 0 Å². The van der Waals surface area contributed by atoms with Crippen LogP contribution in [0.15, 0.2) is 24.3 Å². The zero-order valence-electron chi connectivity index (χ0n) is 12.6. The smallest absolute Gasteiger partial charge is 0.303 e. The summed E-state index contributed by atoms with van der Waals surface area (Å²) < 4.78 is 2.03. The molecule has 0 bridgehead atoms. The van der Waals surface area contributed by atoms with Crippen molar-refractivity contribution >= 4 is 17.6 Å². The molecule has 0 spiro atoms. The fraction of sp³-hybridized carbons (Fsp3) is 0.562. The third kappa shape index (κ3) is 5.56. The minimum atomic E-state index is 0.395. The normalized spacial score (nSPS) is 15.3. The molecule has 1 aliphatic rings. The van der Waals surface area contributed by atoms with E-state index in [1.54, 1.807) is 0 Å². The number of unbranched alkanes of at least 4 members (excludes halogenated alkanes) is 1. The van der Waals surface area contributed by atoms with Gasteiger partial charge >= 0.3 is 5.96 Å². The third-order valence-electron chi connectivity index (χ3n) is 4.00. The van der Waals surface area contributed by atoms with Crippen molar-refractivity contribution in [1.29, 1.82) is 0 Å². The molecule has 0 amide bonds. The first kappa shape index (κ1) is 16.1. The predicted molar refractivity (Wildman–Crippen MR) is 88.6 cm³/mol. The highest BCUT2D eigenvalue weighted by atomic mass is 35.5. The Bertz CT molecular complexity index is 460. The number of halogens is 1. The molecular weight excluding hydrogens is 284 g/mol. The van der Waals surface area contributed by atoms with Crippen molar-refractivity contribution in [2.45, 2.75) is 32.2 Å². The van der Waals surface area contributed by atoms with Gasteiger partial charge in [0.25, 0.3) is 0 Å². The van der Waals surface area contributed by atoms with Gasteiger partial charge in [0.2, 0.25) is 0 Å². The van der Waals surface area contributed by atoms with Crippen LogP contribution in [0.4, 0.5) is 0 Å². The Hall–Kier alpha value is -1.26. The van der Waals surface area contributed by atoms with E-state index in [1.165, 1.54) is 44.5 Å². The van der Waals surface area contributed by atoms with Crippen LogP contribution in [-0.2, 0) is 6.54 Å². The first-order valence-electron chi connectivity index (χ1n) is 7.75. The van der Waals surface area contributed by atoms with Crippen molar-refractivity contribution < 1.29 is 4.58 Å². The Labute approximate surface area is 132 Å². The highest BCUT2D eigenvalue weighted by Gasteiger charge is 2.11. The average Bonchev–Trinajstić information content (AvgIpc) is 2.97. The van der Waals surface area contributed by atoms with E-state index in [0.29, 0.717) is 5.96 Å². The lowest BCUT2D eigenvalue weighted by Gasteiger charge is -2.15. The molecule has 0 atom stereocenters. The number of guanidine groups is 1. The Morgan fingerprint density at radius 3 is 2.38 bits per heavy atom. The Balaban J connectivity index is 1.77. The zero-order chi connectivity index (χ0) is 15.1. The number of nitrogens with zero attached hydrogens (tertiary/aromatic N) is 2. The molecule has 1 fully saturated rings. The molecule has 0 aromatic heterocycles. The SMILES string of the molecule is NC(N)=[N+](CCCCN1CCCC1)Cc1ccc(Cl)cc1. The van der Waals surface area contributed by atoms with E-state index in [0.717, 1.165) is 24.5 Å². The van der Waals surface area contributed by atoms with Crippen LogP contribution in [0.5, 0.6) is 0 Å². The number of hydrogen-bond acceptors (Lipinski definition) is 1. The average molecular weight is 310 g/mol. The molecule has 1 saturated heterocycles. The van der Waals surface area contributed by atoms with E-state index in [2.05, 4.69) is 4.90 Å². The first-order valence-corrected chi connectivity index (χ1v) is 8.12. The molecule has 4 nitrogen and oxygen atoms in total. The van der Waals surface area contributed by atoms with Crippen molar-refractivity contribution in [3.63, 3.8) is 0 Å². The summed E-state index contributed by atoms with van der Waals surface area (Å²) in [7, 11) is 0. The molecule has 4 N–H and O–H groups in total. The van der Waals surface area contributed by atoms with Crippen LogP contribution >= 0.6 is 11.6 Å². The number of rotatable bonds is 7. The molecule has 1 aliphatic heterocycles. The van der Waals surface area contributed by atoms with E-state index in [4.69, 9.17) is 23.1 Å². The molecule has 1 heterocycles. The van der Waals surface area contributed by atoms with Gasteiger partial charge in [-0.05, 0) is 63.0 Å². The number of likely N-dealkylation sites (tertiary alicyclic amines) is 1. The van der Waals surface area contributed by atoms with Gasteiger partial charge in [-0.15, -0.1) is 0 Å². The number of benzene rings is 1. The molecule has 2 rings (SSSR count). The lowest BCUT2D eigenvalue weighted by Crippen LogP contribution is -2.36. The van der Waals surface area contributed by atoms with Crippen LogP contribution < -0.4 is 11.5 Å². The fourth-order valence-electron chi connectivity index (χ4n) is 2.75. The summed E-state index contributed by atoms with van der Waals surface area (Å²) in [6, 6.07) is 7.83. The Morgan fingerprint density at radius 2 is 1.76 bits per heavy atom. The Kier molecular flexibility index (Phi) is 6.33. The van der Waals surface area contributed by atoms with Crippen LogP contribution in [0.1, 0.15) is 31.2 Å². The van der Waals surface area contributed by atoms with E-state index < -0.39 is 0 Å². The van der Waals surface area contributed by atoms with Gasteiger partial charge in [-0.25, -0.2) is 0 Å². The highest BCUT2D eigenvalue weighted by molar-refractivity contribution is 6.30. The molecule has 1 aromatic rings. The summed E-state index contributed by atoms with van der Waals surface area (Å²) >= 11 is 5.90. The highest BCUT2D eigenvalue weighted by Crippen LogP contribution is 2.11. The fourth-order valence-corrected chi connectivity index (χ4v) is 2.88. The maximum absolute atomic E-state index is 5.90. The molecule has 0 aliphatic carbocycles. The predicted octanol–water partition coefficient (Wildman–Crippen LogP) is 2.00. The van der Waals surface area contributed by atoms with Gasteiger partial charge in [-0.3, -0.25) is 16.0 Å². The minimum Gasteiger partial charge on any atom is -0.303 e. The lowest BCUT2D eigenvalue weighted by molar-refractivity contribution is -0.546. The van der Waals surface area contributed by atoms with Crippen LogP contribution in [0.25, 0.3) is 0 Å². The molecule has 5 heteroatoms. The molecule has 0 saturated carbocycles. The summed E-state index contributed by atoms with van der Waals surface area (Å²) in [6.07, 6.45) is 5.02. The molecular formula is C16H26ClN4+. The van der Waals surface area contributed by atoms with Crippen LogP contribution in [0.3, 0.4) is 0 Å². The van der Waals surface area contributed by atoms with E-state index in [9.17, 15) is 0 Å². The molecule has 0 radical (unpaired) electrons. The maximum atomic E-state index is 5.90. The van der Waals surface area contributed by atoms with Gasteiger partial charge in [-0.1, -0.05) is 23.7 Å². The van der Waals surface area contributed by atoms with Crippen LogP contribution in [-0.4, -0.2) is 41.6 Å². The number of hydrogen-bond donors (Lipinski definition) is 2. The summed E-state index contributed by atoms with van der Waals surface area (Å²) in [5.74, 6) is 0.395. The second-order valence-corrected chi connectivity index (χ2v) is 6.17. The van der Waals surface area contributed by atoms with Crippen molar-refractivity contribution in [2.24, 2.45) is 11.5 Å². The Morgan fingerprint density at radius 1 is 1.10 bits per heavy atom. The quantitative estimate of drug-likeness (QED) is 0.350. The standard InChI is InChI=1S/C16H25ClN4/c17-15-7-5-14(6-8-15)13-21(16(18)19)12-4-3-11-20-9-1-2-10-20/h5-8H,1-4,9-13H2,(H3,18,19)/p+1. The van der Waals surface area contributed by atoms with Crippen molar-refractivity contribution in [1.82, 2.24) is 4.90 Å². The third-order valence-corrected chi connectivity index (χ3v) is 4.25. The van der Waals surface area contributed by atoms with Crippen LogP contribution in [0.2, 0.25) is 5.02 Å². The van der Waals surface area contributed by atoms with Crippen LogP contribution in [0, 0.1) is 0 Å². The molecule has 0 unspecified atom stereocenters. The first-order chi connectivity index (χ1) is 10.1. The van der Waals surface area contributed by atoms with Gasteiger partial charge < -0.3 is 4.90 Å².